The van der Waals surface area contributed by atoms with Crippen LogP contribution in [0.25, 0.3) is 0 Å². The number of nitrogens with two attached hydrogens (primary N) is 1. The molecule has 0 aliphatic carbocycles. The smallest absolute Gasteiger partial charge is 0.0589 e. The average Bonchev–Trinajstić information content (AvgIpc) is 2.46. The Labute approximate surface area is 116 Å². The second kappa shape index (κ2) is 9.92. The van der Waals surface area contributed by atoms with Crippen molar-refractivity contribution < 1.29 is 9.47 Å². The third-order valence-corrected chi connectivity index (χ3v) is 3.23. The standard InChI is InChI=1S/C15H26N2O2/c1-18-12-10-17(11-13-19-2)15(8-9-16)14-6-4-3-5-7-14/h3-7,15H,8-13,16H2,1-2H3. The van der Waals surface area contributed by atoms with E-state index in [2.05, 4.69) is 29.2 Å². The van der Waals surface area contributed by atoms with Crippen LogP contribution in [0.4, 0.5) is 0 Å². The maximum Gasteiger partial charge on any atom is 0.0589 e. The lowest BCUT2D eigenvalue weighted by Gasteiger charge is -2.31. The molecule has 1 aromatic carbocycles. The number of hydrogen-bond donors (Lipinski definition) is 1. The Morgan fingerprint density at radius 1 is 1.05 bits per heavy atom. The molecule has 1 aromatic rings. The molecular weight excluding hydrogens is 240 g/mol. The van der Waals surface area contributed by atoms with Crippen LogP contribution in [0.1, 0.15) is 18.0 Å². The topological polar surface area (TPSA) is 47.7 Å². The summed E-state index contributed by atoms with van der Waals surface area (Å²) in [5.74, 6) is 0. The van der Waals surface area contributed by atoms with Crippen molar-refractivity contribution in [2.75, 3.05) is 47.1 Å². The maximum absolute atomic E-state index is 5.77. The number of hydrogen-bond acceptors (Lipinski definition) is 4. The number of ether oxygens (including phenoxy) is 2. The molecule has 0 amide bonds. The van der Waals surface area contributed by atoms with Crippen LogP contribution in [-0.4, -0.2) is 52.0 Å². The zero-order chi connectivity index (χ0) is 13.9. The Bertz CT molecular complexity index is 311. The molecular formula is C15H26N2O2. The third kappa shape index (κ3) is 5.70. The maximum atomic E-state index is 5.77. The van der Waals surface area contributed by atoms with Gasteiger partial charge in [0.15, 0.2) is 0 Å². The van der Waals surface area contributed by atoms with Crippen molar-refractivity contribution in [3.63, 3.8) is 0 Å². The van der Waals surface area contributed by atoms with Gasteiger partial charge in [0.05, 0.1) is 13.2 Å². The molecule has 0 bridgehead atoms. The van der Waals surface area contributed by atoms with E-state index in [1.807, 2.05) is 6.07 Å². The zero-order valence-electron chi connectivity index (χ0n) is 12.0. The summed E-state index contributed by atoms with van der Waals surface area (Å²) in [5.41, 5.74) is 7.08. The van der Waals surface area contributed by atoms with E-state index in [4.69, 9.17) is 15.2 Å². The van der Waals surface area contributed by atoms with Gasteiger partial charge in [-0.05, 0) is 18.5 Å². The van der Waals surface area contributed by atoms with E-state index in [0.717, 1.165) is 32.7 Å². The summed E-state index contributed by atoms with van der Waals surface area (Å²) in [7, 11) is 3.46. The van der Waals surface area contributed by atoms with Crippen molar-refractivity contribution in [2.24, 2.45) is 5.73 Å². The van der Waals surface area contributed by atoms with Crippen molar-refractivity contribution in [3.05, 3.63) is 35.9 Å². The predicted octanol–water partition coefficient (Wildman–Crippen LogP) is 1.67. The highest BCUT2D eigenvalue weighted by Crippen LogP contribution is 2.23. The highest BCUT2D eigenvalue weighted by atomic mass is 16.5. The van der Waals surface area contributed by atoms with Gasteiger partial charge >= 0.3 is 0 Å². The Hall–Kier alpha value is -0.940. The minimum absolute atomic E-state index is 0.330. The van der Waals surface area contributed by atoms with Gasteiger partial charge in [-0.15, -0.1) is 0 Å². The minimum atomic E-state index is 0.330. The molecule has 0 aromatic heterocycles. The van der Waals surface area contributed by atoms with E-state index in [9.17, 15) is 0 Å². The summed E-state index contributed by atoms with van der Waals surface area (Å²) < 4.78 is 10.4. The SMILES string of the molecule is COCCN(CCOC)C(CCN)c1ccccc1. The highest BCUT2D eigenvalue weighted by Gasteiger charge is 2.19. The molecule has 0 spiro atoms. The first-order valence-corrected chi connectivity index (χ1v) is 6.80. The molecule has 0 saturated carbocycles. The molecule has 0 aliphatic heterocycles. The van der Waals surface area contributed by atoms with Gasteiger partial charge in [0.2, 0.25) is 0 Å². The number of nitrogens with zero attached hydrogens (tertiary/aromatic N) is 1. The first-order valence-electron chi connectivity index (χ1n) is 6.80. The Balaban J connectivity index is 2.77. The van der Waals surface area contributed by atoms with Crippen LogP contribution in [0.3, 0.4) is 0 Å². The molecule has 0 radical (unpaired) electrons. The minimum Gasteiger partial charge on any atom is -0.383 e. The number of benzene rings is 1. The third-order valence-electron chi connectivity index (χ3n) is 3.23. The van der Waals surface area contributed by atoms with Crippen LogP contribution in [-0.2, 0) is 9.47 Å². The van der Waals surface area contributed by atoms with Crippen LogP contribution in [0.2, 0.25) is 0 Å². The van der Waals surface area contributed by atoms with Gasteiger partial charge < -0.3 is 15.2 Å². The molecule has 1 unspecified atom stereocenters. The van der Waals surface area contributed by atoms with Crippen LogP contribution < -0.4 is 5.73 Å². The van der Waals surface area contributed by atoms with Crippen LogP contribution >= 0.6 is 0 Å². The first kappa shape index (κ1) is 16.1. The Morgan fingerprint density at radius 2 is 1.63 bits per heavy atom. The van der Waals surface area contributed by atoms with Gasteiger partial charge in [-0.2, -0.15) is 0 Å². The van der Waals surface area contributed by atoms with E-state index in [-0.39, 0.29) is 0 Å². The predicted molar refractivity (Wildman–Crippen MR) is 78.2 cm³/mol. The molecule has 0 saturated heterocycles. The molecule has 4 heteroatoms. The van der Waals surface area contributed by atoms with Gasteiger partial charge in [-0.1, -0.05) is 30.3 Å². The van der Waals surface area contributed by atoms with Gasteiger partial charge in [0.25, 0.3) is 0 Å². The van der Waals surface area contributed by atoms with Gasteiger partial charge in [-0.25, -0.2) is 0 Å². The quantitative estimate of drug-likeness (QED) is 0.700. The summed E-state index contributed by atoms with van der Waals surface area (Å²) >= 11 is 0. The second-order valence-electron chi connectivity index (χ2n) is 4.53. The van der Waals surface area contributed by atoms with Crippen molar-refractivity contribution >= 4 is 0 Å². The second-order valence-corrected chi connectivity index (χ2v) is 4.53. The molecule has 1 atom stereocenters. The summed E-state index contributed by atoms with van der Waals surface area (Å²) in [6.45, 7) is 3.89. The average molecular weight is 266 g/mol. The number of rotatable bonds is 10. The highest BCUT2D eigenvalue weighted by molar-refractivity contribution is 5.19. The summed E-state index contributed by atoms with van der Waals surface area (Å²) in [4.78, 5) is 2.38. The van der Waals surface area contributed by atoms with Crippen molar-refractivity contribution in [1.29, 1.82) is 0 Å². The molecule has 19 heavy (non-hydrogen) atoms. The van der Waals surface area contributed by atoms with E-state index in [0.29, 0.717) is 12.6 Å². The van der Waals surface area contributed by atoms with Crippen LogP contribution in [0.15, 0.2) is 30.3 Å². The van der Waals surface area contributed by atoms with E-state index < -0.39 is 0 Å². The number of methoxy groups -OCH3 is 2. The summed E-state index contributed by atoms with van der Waals surface area (Å²) in [6, 6.07) is 10.8. The van der Waals surface area contributed by atoms with Crippen molar-refractivity contribution in [3.8, 4) is 0 Å². The van der Waals surface area contributed by atoms with E-state index >= 15 is 0 Å². The normalized spacial score (nSPS) is 12.8. The lowest BCUT2D eigenvalue weighted by Crippen LogP contribution is -2.35. The fourth-order valence-electron chi connectivity index (χ4n) is 2.23. The van der Waals surface area contributed by atoms with Crippen LogP contribution in [0.5, 0.6) is 0 Å². The molecule has 1 rings (SSSR count). The Kier molecular flexibility index (Phi) is 8.41. The molecule has 0 heterocycles. The molecule has 2 N–H and O–H groups in total. The monoisotopic (exact) mass is 266 g/mol. The molecule has 4 nitrogen and oxygen atoms in total. The lowest BCUT2D eigenvalue weighted by atomic mass is 10.0. The van der Waals surface area contributed by atoms with E-state index in [1.54, 1.807) is 14.2 Å². The fraction of sp³-hybridized carbons (Fsp3) is 0.600. The Morgan fingerprint density at radius 3 is 2.11 bits per heavy atom. The molecule has 0 fully saturated rings. The zero-order valence-corrected chi connectivity index (χ0v) is 12.0. The van der Waals surface area contributed by atoms with E-state index in [1.165, 1.54) is 5.56 Å². The van der Waals surface area contributed by atoms with Crippen LogP contribution in [0, 0.1) is 0 Å². The van der Waals surface area contributed by atoms with Crippen molar-refractivity contribution in [2.45, 2.75) is 12.5 Å². The largest absolute Gasteiger partial charge is 0.383 e. The molecule has 0 aliphatic rings. The van der Waals surface area contributed by atoms with Gasteiger partial charge in [0, 0.05) is 33.4 Å². The first-order chi connectivity index (χ1) is 9.33. The van der Waals surface area contributed by atoms with Gasteiger partial charge in [0.1, 0.15) is 0 Å². The van der Waals surface area contributed by atoms with Gasteiger partial charge in [-0.3, -0.25) is 4.90 Å². The summed E-state index contributed by atoms with van der Waals surface area (Å²) in [6.07, 6.45) is 0.942. The fourth-order valence-corrected chi connectivity index (χ4v) is 2.23. The lowest BCUT2D eigenvalue weighted by molar-refractivity contribution is 0.0847. The summed E-state index contributed by atoms with van der Waals surface area (Å²) in [5, 5.41) is 0. The van der Waals surface area contributed by atoms with Crippen molar-refractivity contribution in [1.82, 2.24) is 4.90 Å². The molecule has 108 valence electrons.